The predicted molar refractivity (Wildman–Crippen MR) is 133 cm³/mol. The van der Waals surface area contributed by atoms with Gasteiger partial charge in [-0.25, -0.2) is 4.98 Å². The lowest BCUT2D eigenvalue weighted by Gasteiger charge is -2.23. The Bertz CT molecular complexity index is 1130. The van der Waals surface area contributed by atoms with Crippen LogP contribution in [0.4, 0.5) is 5.95 Å². The quantitative estimate of drug-likeness (QED) is 0.132. The predicted octanol–water partition coefficient (Wildman–Crippen LogP) is -0.103. The third-order valence-electron chi connectivity index (χ3n) is 4.95. The molecule has 2 rings (SSSR count). The monoisotopic (exact) mass is 557 g/mol. The summed E-state index contributed by atoms with van der Waals surface area (Å²) < 4.78 is 32.9. The van der Waals surface area contributed by atoms with E-state index in [1.807, 2.05) is 0 Å². The van der Waals surface area contributed by atoms with Crippen LogP contribution < -0.4 is 10.9 Å². The van der Waals surface area contributed by atoms with E-state index >= 15 is 0 Å². The molecule has 0 aliphatic carbocycles. The maximum absolute atomic E-state index is 12.3. The molecule has 16 nitrogen and oxygen atoms in total. The summed E-state index contributed by atoms with van der Waals surface area (Å²) in [5.74, 6) is -1.61. The second kappa shape index (κ2) is 15.8. The molecule has 1 amide bonds. The van der Waals surface area contributed by atoms with Gasteiger partial charge in [-0.15, -0.1) is 0 Å². The van der Waals surface area contributed by atoms with Crippen LogP contribution in [-0.4, -0.2) is 94.2 Å². The van der Waals surface area contributed by atoms with Crippen LogP contribution in [0, 0.1) is 5.92 Å². The van der Waals surface area contributed by atoms with Crippen LogP contribution in [0.2, 0.25) is 0 Å². The number of carbonyl (C=O) groups excluding carboxylic acids is 3. The molecule has 0 radical (unpaired) electrons. The first-order valence-corrected chi connectivity index (χ1v) is 12.1. The molecule has 39 heavy (non-hydrogen) atoms. The van der Waals surface area contributed by atoms with Gasteiger partial charge in [-0.05, 0) is 6.92 Å². The van der Waals surface area contributed by atoms with Gasteiger partial charge in [0.15, 0.2) is 11.2 Å². The van der Waals surface area contributed by atoms with Gasteiger partial charge in [-0.2, -0.15) is 4.98 Å². The maximum Gasteiger partial charge on any atom is 0.302 e. The van der Waals surface area contributed by atoms with Crippen molar-refractivity contribution >= 4 is 35.0 Å². The number of hydrogen-bond donors (Lipinski definition) is 3. The van der Waals surface area contributed by atoms with E-state index in [9.17, 15) is 24.3 Å². The third kappa shape index (κ3) is 11.1. The summed E-state index contributed by atoms with van der Waals surface area (Å²) in [6.45, 7) is 5.72. The van der Waals surface area contributed by atoms with E-state index in [4.69, 9.17) is 28.4 Å². The van der Waals surface area contributed by atoms with Crippen LogP contribution in [0.25, 0.3) is 11.2 Å². The minimum absolute atomic E-state index is 0.0251. The molecule has 0 spiro atoms. The lowest BCUT2D eigenvalue weighted by Crippen LogP contribution is -2.35. The number of anilines is 1. The van der Waals surface area contributed by atoms with Gasteiger partial charge in [0.25, 0.3) is 12.0 Å². The molecule has 0 unspecified atom stereocenters. The van der Waals surface area contributed by atoms with Gasteiger partial charge < -0.3 is 33.5 Å². The Balaban J connectivity index is 1.92. The summed E-state index contributed by atoms with van der Waals surface area (Å²) in [5.41, 5.74) is -0.303. The summed E-state index contributed by atoms with van der Waals surface area (Å²) in [4.78, 5) is 56.8. The molecular formula is C23H35N5O11. The van der Waals surface area contributed by atoms with Gasteiger partial charge in [-0.1, -0.05) is 13.8 Å². The lowest BCUT2D eigenvalue weighted by molar-refractivity contribution is -0.300. The second-order valence-electron chi connectivity index (χ2n) is 8.56. The first-order chi connectivity index (χ1) is 18.5. The number of esters is 2. The SMILES string of the molecule is CC(=O)OCCOC(OCCOC(C)=O)OC[C@@H](O)[C@@H](C)OCn1cnc2c(=O)[nH]c(NC(=O)C(C)C)nc21. The third-order valence-corrected chi connectivity index (χ3v) is 4.95. The minimum Gasteiger partial charge on any atom is -0.463 e. The summed E-state index contributed by atoms with van der Waals surface area (Å²) >= 11 is 0. The maximum atomic E-state index is 12.3. The normalized spacial score (nSPS) is 13.0. The number of amides is 1. The van der Waals surface area contributed by atoms with Crippen LogP contribution in [0.15, 0.2) is 11.1 Å². The van der Waals surface area contributed by atoms with Gasteiger partial charge >= 0.3 is 11.9 Å². The number of nitrogens with one attached hydrogen (secondary N) is 2. The van der Waals surface area contributed by atoms with Crippen molar-refractivity contribution in [2.75, 3.05) is 38.4 Å². The van der Waals surface area contributed by atoms with Crippen molar-refractivity contribution in [3.05, 3.63) is 16.7 Å². The molecule has 0 saturated carbocycles. The second-order valence-corrected chi connectivity index (χ2v) is 8.56. The number of ether oxygens (including phenoxy) is 6. The zero-order valence-electron chi connectivity index (χ0n) is 22.5. The summed E-state index contributed by atoms with van der Waals surface area (Å²) in [7, 11) is 0. The Morgan fingerprint density at radius 1 is 1.00 bits per heavy atom. The van der Waals surface area contributed by atoms with Crippen LogP contribution >= 0.6 is 0 Å². The molecule has 2 atom stereocenters. The summed E-state index contributed by atoms with van der Waals surface area (Å²) in [5, 5.41) is 13.0. The minimum atomic E-state index is -1.24. The van der Waals surface area contributed by atoms with E-state index in [0.29, 0.717) is 0 Å². The first-order valence-electron chi connectivity index (χ1n) is 12.1. The van der Waals surface area contributed by atoms with E-state index in [-0.39, 0.29) is 68.7 Å². The Labute approximate surface area is 223 Å². The van der Waals surface area contributed by atoms with Gasteiger partial charge in [-0.3, -0.25) is 34.0 Å². The number of aliphatic hydroxyl groups is 1. The molecule has 0 fully saturated rings. The molecule has 0 aromatic carbocycles. The zero-order valence-corrected chi connectivity index (χ0v) is 22.5. The fourth-order valence-electron chi connectivity index (χ4n) is 2.79. The number of carbonyl (C=O) groups is 3. The smallest absolute Gasteiger partial charge is 0.302 e. The molecule has 3 N–H and O–H groups in total. The van der Waals surface area contributed by atoms with Crippen LogP contribution in [0.1, 0.15) is 34.6 Å². The molecule has 0 aliphatic rings. The molecular weight excluding hydrogens is 522 g/mol. The van der Waals surface area contributed by atoms with Crippen molar-refractivity contribution < 1.29 is 47.9 Å². The van der Waals surface area contributed by atoms with Crippen molar-refractivity contribution in [3.8, 4) is 0 Å². The molecule has 218 valence electrons. The number of aromatic amines is 1. The van der Waals surface area contributed by atoms with E-state index in [1.165, 1.54) is 24.7 Å². The van der Waals surface area contributed by atoms with Gasteiger partial charge in [0.2, 0.25) is 11.9 Å². The Morgan fingerprint density at radius 2 is 1.62 bits per heavy atom. The van der Waals surface area contributed by atoms with Crippen molar-refractivity contribution in [2.24, 2.45) is 5.92 Å². The number of fused-ring (bicyclic) bond motifs is 1. The Morgan fingerprint density at radius 3 is 2.18 bits per heavy atom. The van der Waals surface area contributed by atoms with E-state index in [0.717, 1.165) is 0 Å². The molecule has 16 heteroatoms. The molecule has 2 aromatic rings. The standard InChI is InChI=1S/C23H35N5O11/c1-13(2)20(32)26-22-25-19-18(21(33)27-22)24-11-28(19)12-39-14(3)17(31)10-38-23(36-8-6-34-15(4)29)37-9-7-35-16(5)30/h11,13-14,17,23,31H,6-10,12H2,1-5H3,(H2,25,26,27,32,33)/t14-,17-/m1/s1. The average molecular weight is 558 g/mol. The van der Waals surface area contributed by atoms with Gasteiger partial charge in [0, 0.05) is 19.8 Å². The van der Waals surface area contributed by atoms with Crippen molar-refractivity contribution in [3.63, 3.8) is 0 Å². The van der Waals surface area contributed by atoms with E-state index in [1.54, 1.807) is 20.8 Å². The molecule has 0 saturated heterocycles. The first kappa shape index (κ1) is 31.8. The summed E-state index contributed by atoms with van der Waals surface area (Å²) in [6.07, 6.45) is -0.540. The molecule has 2 aromatic heterocycles. The average Bonchev–Trinajstić information content (AvgIpc) is 3.28. The van der Waals surface area contributed by atoms with Crippen LogP contribution in [0.3, 0.4) is 0 Å². The molecule has 0 aliphatic heterocycles. The lowest BCUT2D eigenvalue weighted by atomic mass is 10.2. The number of aliphatic hydroxyl groups excluding tert-OH is 1. The highest BCUT2D eigenvalue weighted by Gasteiger charge is 2.20. The van der Waals surface area contributed by atoms with Crippen molar-refractivity contribution in [1.82, 2.24) is 19.5 Å². The fourth-order valence-corrected chi connectivity index (χ4v) is 2.79. The van der Waals surface area contributed by atoms with Gasteiger partial charge in [0.05, 0.1) is 32.3 Å². The number of imidazole rings is 1. The number of aromatic nitrogens is 4. The molecule has 0 bridgehead atoms. The highest BCUT2D eigenvalue weighted by Crippen LogP contribution is 2.11. The van der Waals surface area contributed by atoms with Crippen LogP contribution in [0.5, 0.6) is 0 Å². The van der Waals surface area contributed by atoms with Crippen LogP contribution in [-0.2, 0) is 49.5 Å². The Kier molecular flexibility index (Phi) is 12.9. The van der Waals surface area contributed by atoms with Crippen molar-refractivity contribution in [2.45, 2.75) is 60.0 Å². The highest BCUT2D eigenvalue weighted by atomic mass is 16.8. The molecule has 2 heterocycles. The number of H-pyrrole nitrogens is 1. The number of hydrogen-bond acceptors (Lipinski definition) is 13. The number of nitrogens with zero attached hydrogens (tertiary/aromatic N) is 3. The van der Waals surface area contributed by atoms with Crippen molar-refractivity contribution in [1.29, 1.82) is 0 Å². The summed E-state index contributed by atoms with van der Waals surface area (Å²) in [6, 6.07) is 0. The Hall–Kier alpha value is -3.44. The van der Waals surface area contributed by atoms with E-state index < -0.39 is 36.2 Å². The highest BCUT2D eigenvalue weighted by molar-refractivity contribution is 5.91. The van der Waals surface area contributed by atoms with E-state index in [2.05, 4.69) is 20.3 Å². The van der Waals surface area contributed by atoms with Gasteiger partial charge in [0.1, 0.15) is 26.0 Å². The topological polar surface area (TPSA) is 202 Å². The fraction of sp³-hybridized carbons (Fsp3) is 0.652. The number of rotatable bonds is 17. The largest absolute Gasteiger partial charge is 0.463 e. The zero-order chi connectivity index (χ0) is 28.9.